The van der Waals surface area contributed by atoms with Crippen molar-refractivity contribution in [2.45, 2.75) is 19.0 Å². The summed E-state index contributed by atoms with van der Waals surface area (Å²) in [5, 5.41) is 0.273. The molecule has 1 atom stereocenters. The lowest BCUT2D eigenvalue weighted by Gasteiger charge is -2.41. The highest BCUT2D eigenvalue weighted by molar-refractivity contribution is 7.92. The van der Waals surface area contributed by atoms with E-state index in [9.17, 15) is 13.2 Å². The molecule has 0 spiro atoms. The average molecular weight is 542 g/mol. The maximum absolute atomic E-state index is 13.5. The Kier molecular flexibility index (Phi) is 8.42. The molecular weight excluding hydrogens is 510 g/mol. The summed E-state index contributed by atoms with van der Waals surface area (Å²) in [5.41, 5.74) is 2.71. The van der Waals surface area contributed by atoms with E-state index >= 15 is 0 Å². The van der Waals surface area contributed by atoms with Crippen LogP contribution in [-0.2, 0) is 14.8 Å². The van der Waals surface area contributed by atoms with Gasteiger partial charge in [-0.15, -0.1) is 0 Å². The van der Waals surface area contributed by atoms with Crippen molar-refractivity contribution in [1.29, 1.82) is 0 Å². The fourth-order valence-corrected chi connectivity index (χ4v) is 6.36. The molecule has 7 nitrogen and oxygen atoms in total. The minimum atomic E-state index is -3.76. The molecule has 0 radical (unpaired) electrons. The number of amides is 1. The molecule has 4 rings (SSSR count). The Bertz CT molecular complexity index is 1270. The zero-order valence-corrected chi connectivity index (χ0v) is 22.8. The summed E-state index contributed by atoms with van der Waals surface area (Å²) in [7, 11) is -2.27. The van der Waals surface area contributed by atoms with Crippen LogP contribution in [0.3, 0.4) is 0 Å². The van der Waals surface area contributed by atoms with Crippen LogP contribution in [0.2, 0.25) is 5.02 Å². The van der Waals surface area contributed by atoms with Gasteiger partial charge in [0.2, 0.25) is 15.9 Å². The maximum Gasteiger partial charge on any atom is 0.246 e. The number of carbonyl (C=O) groups is 1. The third kappa shape index (κ3) is 6.09. The third-order valence-electron chi connectivity index (χ3n) is 6.68. The SMILES string of the molecule is COc1ccc(N(C(C)C(=O)N2CCN(C(c3ccccc3)c3ccccc3)CC2)S(C)(=O)=O)cc1Cl. The Balaban J connectivity index is 1.52. The summed E-state index contributed by atoms with van der Waals surface area (Å²) >= 11 is 6.26. The molecule has 1 saturated heterocycles. The fraction of sp³-hybridized carbons (Fsp3) is 0.321. The predicted octanol–water partition coefficient (Wildman–Crippen LogP) is 4.44. The van der Waals surface area contributed by atoms with Crippen LogP contribution in [0.5, 0.6) is 5.75 Å². The molecule has 3 aromatic rings. The van der Waals surface area contributed by atoms with Crippen molar-refractivity contribution in [1.82, 2.24) is 9.80 Å². The summed E-state index contributed by atoms with van der Waals surface area (Å²) in [6.45, 7) is 3.95. The second-order valence-corrected chi connectivity index (χ2v) is 11.4. The molecule has 1 heterocycles. The predicted molar refractivity (Wildman–Crippen MR) is 148 cm³/mol. The van der Waals surface area contributed by atoms with Gasteiger partial charge >= 0.3 is 0 Å². The molecule has 1 fully saturated rings. The molecule has 1 aliphatic heterocycles. The number of nitrogens with zero attached hydrogens (tertiary/aromatic N) is 3. The highest BCUT2D eigenvalue weighted by atomic mass is 35.5. The van der Waals surface area contributed by atoms with E-state index in [0.29, 0.717) is 37.6 Å². The van der Waals surface area contributed by atoms with Gasteiger partial charge in [0.1, 0.15) is 11.8 Å². The number of ether oxygens (including phenoxy) is 1. The summed E-state index contributed by atoms with van der Waals surface area (Å²) < 4.78 is 31.8. The Morgan fingerprint density at radius 2 is 1.46 bits per heavy atom. The Hall–Kier alpha value is -3.07. The molecule has 9 heteroatoms. The van der Waals surface area contributed by atoms with E-state index in [0.717, 1.165) is 10.6 Å². The molecule has 3 aromatic carbocycles. The Morgan fingerprint density at radius 1 is 0.919 bits per heavy atom. The van der Waals surface area contributed by atoms with Gasteiger partial charge in [-0.3, -0.25) is 14.0 Å². The molecule has 0 bridgehead atoms. The van der Waals surface area contributed by atoms with Gasteiger partial charge in [0.05, 0.1) is 30.1 Å². The first-order valence-corrected chi connectivity index (χ1v) is 14.4. The van der Waals surface area contributed by atoms with E-state index in [4.69, 9.17) is 16.3 Å². The molecule has 0 N–H and O–H groups in total. The lowest BCUT2D eigenvalue weighted by molar-refractivity contribution is -0.134. The quantitative estimate of drug-likeness (QED) is 0.422. The van der Waals surface area contributed by atoms with Crippen molar-refractivity contribution < 1.29 is 17.9 Å². The van der Waals surface area contributed by atoms with E-state index in [2.05, 4.69) is 29.2 Å². The molecule has 0 saturated carbocycles. The lowest BCUT2D eigenvalue weighted by atomic mass is 9.96. The van der Waals surface area contributed by atoms with Gasteiger partial charge in [0, 0.05) is 26.2 Å². The summed E-state index contributed by atoms with van der Waals surface area (Å²) in [6, 6.07) is 24.5. The van der Waals surface area contributed by atoms with E-state index in [1.807, 2.05) is 36.4 Å². The third-order valence-corrected chi connectivity index (χ3v) is 8.22. The standard InChI is InChI=1S/C28H32ClN3O4S/c1-21(32(37(3,34)35)24-14-15-26(36-2)25(29)20-24)28(33)31-18-16-30(17-19-31)27(22-10-6-4-7-11-22)23-12-8-5-9-13-23/h4-15,20-21,27H,16-19H2,1-3H3. The summed E-state index contributed by atoms with van der Waals surface area (Å²) in [6.07, 6.45) is 1.09. The van der Waals surface area contributed by atoms with Crippen LogP contribution in [0.15, 0.2) is 78.9 Å². The number of methoxy groups -OCH3 is 1. The maximum atomic E-state index is 13.5. The van der Waals surface area contributed by atoms with Crippen LogP contribution in [-0.4, -0.2) is 69.7 Å². The molecule has 1 aliphatic rings. The highest BCUT2D eigenvalue weighted by Crippen LogP contribution is 2.32. The number of rotatable bonds is 8. The number of halogens is 1. The van der Waals surface area contributed by atoms with Crippen LogP contribution in [0, 0.1) is 0 Å². The van der Waals surface area contributed by atoms with Gasteiger partial charge in [-0.05, 0) is 36.2 Å². The van der Waals surface area contributed by atoms with Crippen molar-refractivity contribution in [3.8, 4) is 5.75 Å². The Morgan fingerprint density at radius 3 is 1.92 bits per heavy atom. The molecule has 1 amide bonds. The van der Waals surface area contributed by atoms with E-state index in [1.165, 1.54) is 24.3 Å². The van der Waals surface area contributed by atoms with Crippen LogP contribution >= 0.6 is 11.6 Å². The summed E-state index contributed by atoms with van der Waals surface area (Å²) in [4.78, 5) is 17.6. The molecule has 1 unspecified atom stereocenters. The Labute approximate surface area is 224 Å². The van der Waals surface area contributed by atoms with Gasteiger partial charge in [-0.25, -0.2) is 8.42 Å². The van der Waals surface area contributed by atoms with Crippen molar-refractivity contribution in [3.05, 3.63) is 95.0 Å². The first-order chi connectivity index (χ1) is 17.7. The summed E-state index contributed by atoms with van der Waals surface area (Å²) in [5.74, 6) is 0.188. The number of anilines is 1. The number of hydrogen-bond acceptors (Lipinski definition) is 5. The smallest absolute Gasteiger partial charge is 0.246 e. The molecule has 196 valence electrons. The van der Waals surface area contributed by atoms with Crippen molar-refractivity contribution in [2.24, 2.45) is 0 Å². The molecular formula is C28H32ClN3O4S. The lowest BCUT2D eigenvalue weighted by Crippen LogP contribution is -2.55. The average Bonchev–Trinajstić information content (AvgIpc) is 2.89. The monoisotopic (exact) mass is 541 g/mol. The van der Waals surface area contributed by atoms with Crippen LogP contribution in [0.4, 0.5) is 5.69 Å². The zero-order chi connectivity index (χ0) is 26.6. The van der Waals surface area contributed by atoms with Crippen molar-refractivity contribution >= 4 is 33.2 Å². The number of benzene rings is 3. The topological polar surface area (TPSA) is 70.2 Å². The number of piperazine rings is 1. The molecule has 0 aliphatic carbocycles. The van der Waals surface area contributed by atoms with Crippen LogP contribution in [0.1, 0.15) is 24.1 Å². The number of hydrogen-bond donors (Lipinski definition) is 0. The molecule has 37 heavy (non-hydrogen) atoms. The van der Waals surface area contributed by atoms with Crippen molar-refractivity contribution in [3.63, 3.8) is 0 Å². The van der Waals surface area contributed by atoms with Gasteiger partial charge in [0.25, 0.3) is 0 Å². The van der Waals surface area contributed by atoms with E-state index in [1.54, 1.807) is 24.0 Å². The number of carbonyl (C=O) groups excluding carboxylic acids is 1. The van der Waals surface area contributed by atoms with Crippen LogP contribution < -0.4 is 9.04 Å². The van der Waals surface area contributed by atoms with Gasteiger partial charge in [0.15, 0.2) is 0 Å². The first kappa shape index (κ1) is 27.0. The normalized spacial score (nSPS) is 15.4. The second kappa shape index (κ2) is 11.5. The van der Waals surface area contributed by atoms with E-state index in [-0.39, 0.29) is 17.0 Å². The highest BCUT2D eigenvalue weighted by Gasteiger charge is 2.35. The fourth-order valence-electron chi connectivity index (χ4n) is 4.94. The van der Waals surface area contributed by atoms with Gasteiger partial charge < -0.3 is 9.64 Å². The van der Waals surface area contributed by atoms with Crippen molar-refractivity contribution in [2.75, 3.05) is 43.8 Å². The minimum absolute atomic E-state index is 0.0750. The zero-order valence-electron chi connectivity index (χ0n) is 21.2. The number of sulfonamides is 1. The minimum Gasteiger partial charge on any atom is -0.495 e. The van der Waals surface area contributed by atoms with Crippen LogP contribution in [0.25, 0.3) is 0 Å². The van der Waals surface area contributed by atoms with E-state index < -0.39 is 16.1 Å². The van der Waals surface area contributed by atoms with Gasteiger partial charge in [-0.1, -0.05) is 72.3 Å². The van der Waals surface area contributed by atoms with Gasteiger partial charge in [-0.2, -0.15) is 0 Å². The molecule has 0 aromatic heterocycles. The second-order valence-electron chi connectivity index (χ2n) is 9.14. The largest absolute Gasteiger partial charge is 0.495 e. The first-order valence-electron chi connectivity index (χ1n) is 12.2.